The quantitative estimate of drug-likeness (QED) is 0.422. The zero-order valence-corrected chi connectivity index (χ0v) is 14.2. The van der Waals surface area contributed by atoms with Crippen LogP contribution in [0, 0.1) is 0 Å². The molecule has 0 amide bonds. The molecule has 0 saturated carbocycles. The SMILES string of the molecule is NC(CCC(=O)O)C(=O)O.[Ca+2].[H-].[H-].[H-].[H-].[Na+].[Na+]. The topological polar surface area (TPSA) is 101 Å². The first-order valence-corrected chi connectivity index (χ1v) is 2.74. The number of carbonyl (C=O) groups is 2. The number of nitrogens with two attached hydrogens (primary N) is 1. The molecule has 0 aromatic heterocycles. The third-order valence-electron chi connectivity index (χ3n) is 0.986. The Kier molecular flexibility index (Phi) is 26.6. The van der Waals surface area contributed by atoms with Crippen molar-refractivity contribution in [1.29, 1.82) is 0 Å². The molecule has 0 saturated heterocycles. The van der Waals surface area contributed by atoms with Crippen molar-refractivity contribution >= 4 is 49.7 Å². The maximum Gasteiger partial charge on any atom is 2.00 e. The van der Waals surface area contributed by atoms with Crippen LogP contribution in [-0.4, -0.2) is 65.9 Å². The molecule has 5 nitrogen and oxygen atoms in total. The Balaban J connectivity index is -0.0000000193. The van der Waals surface area contributed by atoms with Gasteiger partial charge in [-0.3, -0.25) is 9.59 Å². The Morgan fingerprint density at radius 1 is 1.31 bits per heavy atom. The van der Waals surface area contributed by atoms with E-state index in [2.05, 4.69) is 0 Å². The van der Waals surface area contributed by atoms with Gasteiger partial charge in [-0.25, -0.2) is 0 Å². The maximum absolute atomic E-state index is 9.99. The Labute approximate surface area is 156 Å². The molecule has 0 spiro atoms. The van der Waals surface area contributed by atoms with Gasteiger partial charge in [0.25, 0.3) is 0 Å². The summed E-state index contributed by atoms with van der Waals surface area (Å²) in [6.07, 6.45) is -0.224. The normalized spacial score (nSPS) is 9.62. The third-order valence-corrected chi connectivity index (χ3v) is 0.986. The summed E-state index contributed by atoms with van der Waals surface area (Å²) in [6, 6.07) is -1.06. The molecule has 0 fully saturated rings. The van der Waals surface area contributed by atoms with Gasteiger partial charge in [-0.2, -0.15) is 0 Å². The average Bonchev–Trinajstić information content (AvgIpc) is 1.82. The summed E-state index contributed by atoms with van der Waals surface area (Å²) in [5, 5.41) is 16.3. The van der Waals surface area contributed by atoms with Gasteiger partial charge in [0, 0.05) is 6.42 Å². The van der Waals surface area contributed by atoms with Gasteiger partial charge < -0.3 is 21.7 Å². The minimum absolute atomic E-state index is 0. The summed E-state index contributed by atoms with van der Waals surface area (Å²) in [7, 11) is 0. The fraction of sp³-hybridized carbons (Fsp3) is 0.600. The van der Waals surface area contributed by atoms with Crippen LogP contribution < -0.4 is 64.8 Å². The van der Waals surface area contributed by atoms with Crippen LogP contribution in [0.5, 0.6) is 0 Å². The first-order chi connectivity index (χ1) is 4.54. The molecule has 0 heterocycles. The van der Waals surface area contributed by atoms with Crippen molar-refractivity contribution in [2.75, 3.05) is 0 Å². The minimum Gasteiger partial charge on any atom is -1.00 e. The number of carboxylic acid groups (broad SMARTS) is 2. The second-order valence-electron chi connectivity index (χ2n) is 1.88. The van der Waals surface area contributed by atoms with Crippen LogP contribution in [0.3, 0.4) is 0 Å². The molecular formula is C5H13CaNNa2O4. The Hall–Kier alpha value is 2.16. The van der Waals surface area contributed by atoms with Crippen molar-refractivity contribution < 1.29 is 84.6 Å². The summed E-state index contributed by atoms with van der Waals surface area (Å²) >= 11 is 0. The van der Waals surface area contributed by atoms with E-state index >= 15 is 0 Å². The summed E-state index contributed by atoms with van der Waals surface area (Å²) in [4.78, 5) is 19.9. The molecule has 66 valence electrons. The summed E-state index contributed by atoms with van der Waals surface area (Å²) in [6.45, 7) is 0. The zero-order valence-electron chi connectivity index (χ0n) is 12.0. The molecular weight excluding hydrogens is 224 g/mol. The summed E-state index contributed by atoms with van der Waals surface area (Å²) in [5.41, 5.74) is 5.00. The molecule has 1 atom stereocenters. The molecule has 0 rings (SSSR count). The number of aliphatic carboxylic acids is 2. The van der Waals surface area contributed by atoms with Crippen LogP contribution in [0.1, 0.15) is 18.5 Å². The Morgan fingerprint density at radius 3 is 1.92 bits per heavy atom. The standard InChI is InChI=1S/C5H9NO4.Ca.2Na.4H/c6-3(5(9)10)1-2-4(7)8;;;;;;;/h3H,1-2,6H2,(H,7,8)(H,9,10);;;;;;;/q;+2;2*+1;4*-1. The van der Waals surface area contributed by atoms with E-state index in [4.69, 9.17) is 15.9 Å². The van der Waals surface area contributed by atoms with Gasteiger partial charge in [-0.15, -0.1) is 0 Å². The summed E-state index contributed by atoms with van der Waals surface area (Å²) in [5.74, 6) is -2.20. The van der Waals surface area contributed by atoms with E-state index in [1.165, 1.54) is 0 Å². The largest absolute Gasteiger partial charge is 2.00 e. The summed E-state index contributed by atoms with van der Waals surface area (Å²) < 4.78 is 0. The predicted octanol–water partition coefficient (Wildman–Crippen LogP) is -6.66. The average molecular weight is 237 g/mol. The maximum atomic E-state index is 9.99. The number of carboxylic acids is 2. The minimum atomic E-state index is -1.17. The molecule has 0 aliphatic carbocycles. The fourth-order valence-corrected chi connectivity index (χ4v) is 0.402. The van der Waals surface area contributed by atoms with E-state index in [-0.39, 0.29) is 115 Å². The van der Waals surface area contributed by atoms with Crippen molar-refractivity contribution in [3.05, 3.63) is 0 Å². The van der Waals surface area contributed by atoms with Crippen LogP contribution in [0.4, 0.5) is 0 Å². The van der Waals surface area contributed by atoms with Crippen LogP contribution in [-0.2, 0) is 9.59 Å². The first kappa shape index (κ1) is 24.4. The van der Waals surface area contributed by atoms with Gasteiger partial charge in [0.15, 0.2) is 0 Å². The third kappa shape index (κ3) is 16.8. The van der Waals surface area contributed by atoms with Gasteiger partial charge in [0.05, 0.1) is 0 Å². The molecule has 0 aliphatic rings. The van der Waals surface area contributed by atoms with Crippen molar-refractivity contribution in [1.82, 2.24) is 0 Å². The van der Waals surface area contributed by atoms with Gasteiger partial charge >= 0.3 is 109 Å². The van der Waals surface area contributed by atoms with E-state index in [1.807, 2.05) is 0 Å². The van der Waals surface area contributed by atoms with E-state index in [1.54, 1.807) is 0 Å². The predicted molar refractivity (Wildman–Crippen MR) is 42.7 cm³/mol. The van der Waals surface area contributed by atoms with E-state index < -0.39 is 18.0 Å². The second-order valence-corrected chi connectivity index (χ2v) is 1.88. The first-order valence-electron chi connectivity index (χ1n) is 2.74. The molecule has 0 aromatic carbocycles. The van der Waals surface area contributed by atoms with Crippen LogP contribution in [0.15, 0.2) is 0 Å². The van der Waals surface area contributed by atoms with Crippen LogP contribution in [0.2, 0.25) is 0 Å². The van der Waals surface area contributed by atoms with Crippen molar-refractivity contribution in [2.24, 2.45) is 5.73 Å². The van der Waals surface area contributed by atoms with Gasteiger partial charge in [-0.1, -0.05) is 0 Å². The van der Waals surface area contributed by atoms with Gasteiger partial charge in [0.1, 0.15) is 6.04 Å². The van der Waals surface area contributed by atoms with Crippen molar-refractivity contribution in [2.45, 2.75) is 18.9 Å². The molecule has 0 aliphatic heterocycles. The van der Waals surface area contributed by atoms with Crippen molar-refractivity contribution in [3.8, 4) is 0 Å². The number of hydrogen-bond donors (Lipinski definition) is 3. The monoisotopic (exact) mass is 237 g/mol. The van der Waals surface area contributed by atoms with Crippen LogP contribution in [0.25, 0.3) is 0 Å². The van der Waals surface area contributed by atoms with Crippen molar-refractivity contribution in [3.63, 3.8) is 0 Å². The molecule has 0 radical (unpaired) electrons. The number of rotatable bonds is 4. The molecule has 8 heteroatoms. The molecule has 0 bridgehead atoms. The zero-order chi connectivity index (χ0) is 8.15. The molecule has 1 unspecified atom stereocenters. The van der Waals surface area contributed by atoms with E-state index in [0.29, 0.717) is 0 Å². The fourth-order valence-electron chi connectivity index (χ4n) is 0.402. The number of hydrogen-bond acceptors (Lipinski definition) is 3. The molecule has 13 heavy (non-hydrogen) atoms. The van der Waals surface area contributed by atoms with Gasteiger partial charge in [0.2, 0.25) is 0 Å². The Bertz CT molecular complexity index is 171. The van der Waals surface area contributed by atoms with Gasteiger partial charge in [-0.05, 0) is 6.42 Å². The smallest absolute Gasteiger partial charge is 1.00 e. The van der Waals surface area contributed by atoms with E-state index in [9.17, 15) is 9.59 Å². The second kappa shape index (κ2) is 14.2. The van der Waals surface area contributed by atoms with E-state index in [0.717, 1.165) is 0 Å². The van der Waals surface area contributed by atoms with Crippen LogP contribution >= 0.6 is 0 Å². The Morgan fingerprint density at radius 2 is 1.69 bits per heavy atom. The molecule has 4 N–H and O–H groups in total. The molecule has 0 aromatic rings.